The number of carbonyl (C=O) groups is 1. The highest BCUT2D eigenvalue weighted by Gasteiger charge is 2.28. The molecule has 4 rings (SSSR count). The Morgan fingerprint density at radius 3 is 2.76 bits per heavy atom. The van der Waals surface area contributed by atoms with Crippen molar-refractivity contribution >= 4 is 5.91 Å². The van der Waals surface area contributed by atoms with E-state index in [0.29, 0.717) is 12.2 Å². The van der Waals surface area contributed by atoms with Gasteiger partial charge in [-0.2, -0.15) is 5.10 Å². The Labute approximate surface area is 146 Å². The predicted molar refractivity (Wildman–Crippen MR) is 96.1 cm³/mol. The summed E-state index contributed by atoms with van der Waals surface area (Å²) in [5, 5.41) is 7.43. The molecule has 5 heteroatoms. The molecular weight excluding hydrogens is 312 g/mol. The molecule has 1 fully saturated rings. The SMILES string of the molecule is O=C(c1ccccn1)N1CCC[C@H](c2[nH]ncc2-c2ccccc2)C1. The lowest BCUT2D eigenvalue weighted by Gasteiger charge is -2.32. The molecule has 0 aliphatic carbocycles. The van der Waals surface area contributed by atoms with Crippen LogP contribution in [0.4, 0.5) is 0 Å². The van der Waals surface area contributed by atoms with Gasteiger partial charge in [0.05, 0.1) is 6.20 Å². The van der Waals surface area contributed by atoms with Crippen molar-refractivity contribution in [3.8, 4) is 11.1 Å². The first-order valence-electron chi connectivity index (χ1n) is 8.62. The van der Waals surface area contributed by atoms with E-state index in [2.05, 4.69) is 27.3 Å². The van der Waals surface area contributed by atoms with Crippen LogP contribution in [0.25, 0.3) is 11.1 Å². The van der Waals surface area contributed by atoms with Crippen LogP contribution in [-0.4, -0.2) is 39.1 Å². The number of benzene rings is 1. The van der Waals surface area contributed by atoms with Gasteiger partial charge in [0.1, 0.15) is 5.69 Å². The number of piperidine rings is 1. The summed E-state index contributed by atoms with van der Waals surface area (Å²) in [4.78, 5) is 18.8. The maximum Gasteiger partial charge on any atom is 0.272 e. The smallest absolute Gasteiger partial charge is 0.272 e. The van der Waals surface area contributed by atoms with E-state index in [1.807, 2.05) is 41.4 Å². The second kappa shape index (κ2) is 6.89. The van der Waals surface area contributed by atoms with Crippen LogP contribution in [-0.2, 0) is 0 Å². The molecule has 3 heterocycles. The maximum absolute atomic E-state index is 12.7. The van der Waals surface area contributed by atoms with Crippen molar-refractivity contribution < 1.29 is 4.79 Å². The summed E-state index contributed by atoms with van der Waals surface area (Å²) in [5.74, 6) is 0.269. The summed E-state index contributed by atoms with van der Waals surface area (Å²) in [6.45, 7) is 1.47. The number of hydrogen-bond donors (Lipinski definition) is 1. The predicted octanol–water partition coefficient (Wildman–Crippen LogP) is 3.49. The number of H-pyrrole nitrogens is 1. The number of aromatic nitrogens is 3. The lowest BCUT2D eigenvalue weighted by Crippen LogP contribution is -2.39. The number of aromatic amines is 1. The summed E-state index contributed by atoms with van der Waals surface area (Å²) in [5.41, 5.74) is 3.90. The largest absolute Gasteiger partial charge is 0.337 e. The number of nitrogens with one attached hydrogen (secondary N) is 1. The molecule has 1 atom stereocenters. The summed E-state index contributed by atoms with van der Waals surface area (Å²) in [7, 11) is 0. The monoisotopic (exact) mass is 332 g/mol. The molecule has 0 bridgehead atoms. The van der Waals surface area contributed by atoms with Crippen molar-refractivity contribution in [1.82, 2.24) is 20.1 Å². The molecule has 1 aliphatic heterocycles. The Morgan fingerprint density at radius 1 is 1.12 bits per heavy atom. The molecule has 1 saturated heterocycles. The zero-order valence-electron chi connectivity index (χ0n) is 13.9. The standard InChI is InChI=1S/C20H20N4O/c25-20(18-10-4-5-11-21-18)24-12-6-9-16(14-24)19-17(13-22-23-19)15-7-2-1-3-8-15/h1-5,7-8,10-11,13,16H,6,9,12,14H2,(H,22,23)/t16-/m0/s1. The minimum Gasteiger partial charge on any atom is -0.337 e. The molecule has 0 saturated carbocycles. The van der Waals surface area contributed by atoms with Crippen LogP contribution < -0.4 is 0 Å². The summed E-state index contributed by atoms with van der Waals surface area (Å²) in [6.07, 6.45) is 5.58. The van der Waals surface area contributed by atoms with Crippen LogP contribution in [0.15, 0.2) is 60.9 Å². The summed E-state index contributed by atoms with van der Waals surface area (Å²) >= 11 is 0. The fourth-order valence-corrected chi connectivity index (χ4v) is 3.50. The molecule has 5 nitrogen and oxygen atoms in total. The van der Waals surface area contributed by atoms with Crippen molar-refractivity contribution in [3.05, 3.63) is 72.3 Å². The second-order valence-electron chi connectivity index (χ2n) is 6.37. The normalized spacial score (nSPS) is 17.4. The fraction of sp³-hybridized carbons (Fsp3) is 0.250. The van der Waals surface area contributed by atoms with E-state index < -0.39 is 0 Å². The minimum atomic E-state index is 0.00563. The van der Waals surface area contributed by atoms with E-state index in [9.17, 15) is 4.79 Å². The van der Waals surface area contributed by atoms with Crippen LogP contribution in [0.2, 0.25) is 0 Å². The van der Waals surface area contributed by atoms with Crippen LogP contribution in [0.1, 0.15) is 34.9 Å². The van der Waals surface area contributed by atoms with Gasteiger partial charge in [0.15, 0.2) is 0 Å². The zero-order valence-corrected chi connectivity index (χ0v) is 13.9. The molecule has 0 radical (unpaired) electrons. The van der Waals surface area contributed by atoms with E-state index in [1.54, 1.807) is 12.3 Å². The number of hydrogen-bond acceptors (Lipinski definition) is 3. The van der Waals surface area contributed by atoms with Gasteiger partial charge in [0, 0.05) is 36.5 Å². The third-order valence-electron chi connectivity index (χ3n) is 4.75. The van der Waals surface area contributed by atoms with E-state index >= 15 is 0 Å². The van der Waals surface area contributed by atoms with Crippen molar-refractivity contribution in [2.45, 2.75) is 18.8 Å². The lowest BCUT2D eigenvalue weighted by atomic mass is 9.90. The van der Waals surface area contributed by atoms with Crippen LogP contribution >= 0.6 is 0 Å². The maximum atomic E-state index is 12.7. The van der Waals surface area contributed by atoms with Gasteiger partial charge < -0.3 is 4.90 Å². The van der Waals surface area contributed by atoms with E-state index in [-0.39, 0.29) is 11.8 Å². The molecule has 1 aromatic carbocycles. The van der Waals surface area contributed by atoms with Gasteiger partial charge in [-0.15, -0.1) is 0 Å². The molecule has 126 valence electrons. The van der Waals surface area contributed by atoms with Gasteiger partial charge in [-0.3, -0.25) is 14.9 Å². The van der Waals surface area contributed by atoms with Crippen molar-refractivity contribution in [3.63, 3.8) is 0 Å². The molecule has 1 aliphatic rings. The van der Waals surface area contributed by atoms with Gasteiger partial charge in [-0.25, -0.2) is 0 Å². The minimum absolute atomic E-state index is 0.00563. The molecule has 0 spiro atoms. The van der Waals surface area contributed by atoms with E-state index in [1.165, 1.54) is 0 Å². The number of likely N-dealkylation sites (tertiary alicyclic amines) is 1. The first-order chi connectivity index (χ1) is 12.3. The topological polar surface area (TPSA) is 61.9 Å². The Kier molecular flexibility index (Phi) is 4.29. The summed E-state index contributed by atoms with van der Waals surface area (Å²) in [6, 6.07) is 15.7. The third kappa shape index (κ3) is 3.18. The van der Waals surface area contributed by atoms with E-state index in [0.717, 1.165) is 36.2 Å². The molecule has 2 aromatic heterocycles. The molecular formula is C20H20N4O. The number of rotatable bonds is 3. The third-order valence-corrected chi connectivity index (χ3v) is 4.75. The van der Waals surface area contributed by atoms with Crippen molar-refractivity contribution in [2.75, 3.05) is 13.1 Å². The molecule has 25 heavy (non-hydrogen) atoms. The Morgan fingerprint density at radius 2 is 1.96 bits per heavy atom. The highest BCUT2D eigenvalue weighted by atomic mass is 16.2. The number of carbonyl (C=O) groups excluding carboxylic acids is 1. The zero-order chi connectivity index (χ0) is 17.1. The number of pyridine rings is 1. The van der Waals surface area contributed by atoms with Gasteiger partial charge >= 0.3 is 0 Å². The first-order valence-corrected chi connectivity index (χ1v) is 8.62. The van der Waals surface area contributed by atoms with Crippen LogP contribution in [0.5, 0.6) is 0 Å². The van der Waals surface area contributed by atoms with E-state index in [4.69, 9.17) is 0 Å². The summed E-state index contributed by atoms with van der Waals surface area (Å²) < 4.78 is 0. The van der Waals surface area contributed by atoms with Crippen molar-refractivity contribution in [1.29, 1.82) is 0 Å². The van der Waals surface area contributed by atoms with Crippen LogP contribution in [0.3, 0.4) is 0 Å². The van der Waals surface area contributed by atoms with Gasteiger partial charge in [-0.05, 0) is 30.5 Å². The number of amides is 1. The van der Waals surface area contributed by atoms with Crippen LogP contribution in [0, 0.1) is 0 Å². The molecule has 3 aromatic rings. The average molecular weight is 332 g/mol. The second-order valence-corrected chi connectivity index (χ2v) is 6.37. The lowest BCUT2D eigenvalue weighted by molar-refractivity contribution is 0.0700. The first kappa shape index (κ1) is 15.6. The van der Waals surface area contributed by atoms with Gasteiger partial charge in [0.2, 0.25) is 0 Å². The Bertz CT molecular complexity index is 844. The Hall–Kier alpha value is -2.95. The molecule has 0 unspecified atom stereocenters. The van der Waals surface area contributed by atoms with Crippen molar-refractivity contribution in [2.24, 2.45) is 0 Å². The highest BCUT2D eigenvalue weighted by molar-refractivity contribution is 5.92. The highest BCUT2D eigenvalue weighted by Crippen LogP contribution is 2.33. The quantitative estimate of drug-likeness (QED) is 0.798. The van der Waals surface area contributed by atoms with Gasteiger partial charge in [0.25, 0.3) is 5.91 Å². The number of nitrogens with zero attached hydrogens (tertiary/aromatic N) is 3. The fourth-order valence-electron chi connectivity index (χ4n) is 3.50. The molecule has 1 amide bonds. The molecule has 1 N–H and O–H groups in total. The van der Waals surface area contributed by atoms with Gasteiger partial charge in [-0.1, -0.05) is 36.4 Å². The Balaban J connectivity index is 1.57. The average Bonchev–Trinajstić information content (AvgIpc) is 3.19.